The highest BCUT2D eigenvalue weighted by atomic mass is 35.5. The molecule has 0 saturated carbocycles. The van der Waals surface area contributed by atoms with E-state index in [1.54, 1.807) is 29.2 Å². The van der Waals surface area contributed by atoms with Crippen LogP contribution < -0.4 is 4.90 Å². The average molecular weight is 315 g/mol. The summed E-state index contributed by atoms with van der Waals surface area (Å²) in [5, 5.41) is 0.394. The summed E-state index contributed by atoms with van der Waals surface area (Å²) in [7, 11) is 0. The van der Waals surface area contributed by atoms with Crippen molar-refractivity contribution in [1.29, 1.82) is 0 Å². The first-order chi connectivity index (χ1) is 10.7. The third-order valence-electron chi connectivity index (χ3n) is 3.62. The van der Waals surface area contributed by atoms with E-state index in [4.69, 9.17) is 11.6 Å². The van der Waals surface area contributed by atoms with E-state index in [-0.39, 0.29) is 11.9 Å². The fourth-order valence-electron chi connectivity index (χ4n) is 2.51. The maximum atomic E-state index is 12.7. The van der Waals surface area contributed by atoms with Crippen molar-refractivity contribution in [2.45, 2.75) is 13.0 Å². The molecule has 2 aromatic carbocycles. The minimum absolute atomic E-state index is 0.220. The number of anilines is 1. The van der Waals surface area contributed by atoms with Gasteiger partial charge < -0.3 is 4.90 Å². The molecule has 1 aliphatic heterocycles. The monoisotopic (exact) mass is 314 g/mol. The Bertz CT molecular complexity index is 703. The van der Waals surface area contributed by atoms with Gasteiger partial charge in [0.15, 0.2) is 0 Å². The van der Waals surface area contributed by atoms with Crippen molar-refractivity contribution in [1.82, 2.24) is 4.90 Å². The van der Waals surface area contributed by atoms with Gasteiger partial charge in [-0.15, -0.1) is 0 Å². The summed E-state index contributed by atoms with van der Waals surface area (Å²) in [6, 6.07) is 16.3. The highest BCUT2D eigenvalue weighted by Gasteiger charge is 2.34. The number of hydrogen-bond acceptors (Lipinski definition) is 2. The molecule has 4 nitrogen and oxygen atoms in total. The van der Waals surface area contributed by atoms with Crippen LogP contribution in [-0.2, 0) is 11.3 Å². The van der Waals surface area contributed by atoms with Crippen molar-refractivity contribution in [2.24, 2.45) is 0 Å². The van der Waals surface area contributed by atoms with Gasteiger partial charge in [0.2, 0.25) is 5.91 Å². The van der Waals surface area contributed by atoms with Gasteiger partial charge in [0.05, 0.1) is 10.7 Å². The van der Waals surface area contributed by atoms with Gasteiger partial charge in [0.1, 0.15) is 0 Å². The fourth-order valence-corrected chi connectivity index (χ4v) is 2.73. The summed E-state index contributed by atoms with van der Waals surface area (Å²) >= 11 is 6.13. The number of imide groups is 1. The summed E-state index contributed by atoms with van der Waals surface area (Å²) in [4.78, 5) is 27.7. The standard InChI is InChI=1S/C17H15ClN2O2/c18-14-8-4-5-9-15(14)20-16(21)10-11-19(17(20)22)12-13-6-2-1-3-7-13/h1-9H,10-12H2. The van der Waals surface area contributed by atoms with Gasteiger partial charge in [-0.1, -0.05) is 54.1 Å². The molecule has 1 fully saturated rings. The minimum atomic E-state index is -0.326. The van der Waals surface area contributed by atoms with Gasteiger partial charge in [-0.3, -0.25) is 4.79 Å². The fraction of sp³-hybridized carbons (Fsp3) is 0.176. The Kier molecular flexibility index (Phi) is 4.11. The molecule has 2 aromatic rings. The summed E-state index contributed by atoms with van der Waals surface area (Å²) in [6.07, 6.45) is 0.295. The van der Waals surface area contributed by atoms with Gasteiger partial charge in [-0.25, -0.2) is 9.69 Å². The number of benzene rings is 2. The molecule has 3 rings (SSSR count). The Morgan fingerprint density at radius 1 is 0.955 bits per heavy atom. The second kappa shape index (κ2) is 6.20. The molecule has 5 heteroatoms. The topological polar surface area (TPSA) is 40.6 Å². The van der Waals surface area contributed by atoms with Crippen LogP contribution in [-0.4, -0.2) is 23.4 Å². The quantitative estimate of drug-likeness (QED) is 0.866. The van der Waals surface area contributed by atoms with Gasteiger partial charge in [0.25, 0.3) is 0 Å². The number of hydrogen-bond donors (Lipinski definition) is 0. The molecule has 0 spiro atoms. The number of carbonyl (C=O) groups is 2. The van der Waals surface area contributed by atoms with E-state index in [0.717, 1.165) is 5.56 Å². The van der Waals surface area contributed by atoms with E-state index in [9.17, 15) is 9.59 Å². The first-order valence-electron chi connectivity index (χ1n) is 7.07. The lowest BCUT2D eigenvalue weighted by atomic mass is 10.1. The Hall–Kier alpha value is -2.33. The molecular weight excluding hydrogens is 300 g/mol. The first kappa shape index (κ1) is 14.6. The molecule has 112 valence electrons. The van der Waals surface area contributed by atoms with Crippen LogP contribution in [0.1, 0.15) is 12.0 Å². The Morgan fingerprint density at radius 3 is 2.36 bits per heavy atom. The van der Waals surface area contributed by atoms with Crippen LogP contribution in [0.3, 0.4) is 0 Å². The van der Waals surface area contributed by atoms with Crippen LogP contribution in [0, 0.1) is 0 Å². The largest absolute Gasteiger partial charge is 0.331 e. The molecule has 1 heterocycles. The molecule has 0 atom stereocenters. The first-order valence-corrected chi connectivity index (χ1v) is 7.45. The lowest BCUT2D eigenvalue weighted by molar-refractivity contribution is -0.119. The molecule has 0 aromatic heterocycles. The number of halogens is 1. The Labute approximate surface area is 133 Å². The van der Waals surface area contributed by atoms with E-state index < -0.39 is 0 Å². The van der Waals surface area contributed by atoms with Crippen molar-refractivity contribution >= 4 is 29.2 Å². The van der Waals surface area contributed by atoms with E-state index in [2.05, 4.69) is 0 Å². The lowest BCUT2D eigenvalue weighted by Crippen LogP contribution is -2.52. The van der Waals surface area contributed by atoms with E-state index in [0.29, 0.717) is 30.2 Å². The average Bonchev–Trinajstić information content (AvgIpc) is 2.53. The minimum Gasteiger partial charge on any atom is -0.319 e. The predicted octanol–water partition coefficient (Wildman–Crippen LogP) is 3.70. The second-order valence-electron chi connectivity index (χ2n) is 5.12. The van der Waals surface area contributed by atoms with Crippen LogP contribution in [0.15, 0.2) is 54.6 Å². The lowest BCUT2D eigenvalue weighted by Gasteiger charge is -2.34. The number of urea groups is 1. The summed E-state index contributed by atoms with van der Waals surface area (Å²) < 4.78 is 0. The van der Waals surface area contributed by atoms with Crippen molar-refractivity contribution in [2.75, 3.05) is 11.4 Å². The molecule has 0 aliphatic carbocycles. The maximum Gasteiger partial charge on any atom is 0.331 e. The number of carbonyl (C=O) groups excluding carboxylic acids is 2. The number of rotatable bonds is 3. The zero-order chi connectivity index (χ0) is 15.5. The molecule has 3 amide bonds. The molecule has 0 radical (unpaired) electrons. The molecular formula is C17H15ClN2O2. The normalized spacial score (nSPS) is 15.3. The van der Waals surface area contributed by atoms with Crippen molar-refractivity contribution in [3.05, 3.63) is 65.2 Å². The van der Waals surface area contributed by atoms with Crippen molar-refractivity contribution in [3.8, 4) is 0 Å². The highest BCUT2D eigenvalue weighted by Crippen LogP contribution is 2.29. The molecule has 1 aliphatic rings. The number of amides is 3. The van der Waals surface area contributed by atoms with Crippen LogP contribution in [0.2, 0.25) is 5.02 Å². The van der Waals surface area contributed by atoms with Crippen molar-refractivity contribution < 1.29 is 9.59 Å². The maximum absolute atomic E-state index is 12.7. The molecule has 1 saturated heterocycles. The summed E-state index contributed by atoms with van der Waals surface area (Å²) in [5.74, 6) is -0.220. The van der Waals surface area contributed by atoms with Gasteiger partial charge in [0, 0.05) is 19.5 Å². The van der Waals surface area contributed by atoms with Gasteiger partial charge in [-0.05, 0) is 17.7 Å². The summed E-state index contributed by atoms with van der Waals surface area (Å²) in [6.45, 7) is 0.904. The van der Waals surface area contributed by atoms with Gasteiger partial charge >= 0.3 is 6.03 Å². The third-order valence-corrected chi connectivity index (χ3v) is 3.94. The zero-order valence-corrected chi connectivity index (χ0v) is 12.7. The van der Waals surface area contributed by atoms with Crippen LogP contribution in [0.5, 0.6) is 0 Å². The van der Waals surface area contributed by atoms with Crippen LogP contribution in [0.4, 0.5) is 10.5 Å². The number of nitrogens with zero attached hydrogens (tertiary/aromatic N) is 2. The Morgan fingerprint density at radius 2 is 1.64 bits per heavy atom. The van der Waals surface area contributed by atoms with Crippen LogP contribution >= 0.6 is 11.6 Å². The molecule has 0 N–H and O–H groups in total. The molecule has 0 bridgehead atoms. The van der Waals surface area contributed by atoms with Crippen LogP contribution in [0.25, 0.3) is 0 Å². The van der Waals surface area contributed by atoms with Gasteiger partial charge in [-0.2, -0.15) is 0 Å². The number of para-hydroxylation sites is 1. The third kappa shape index (κ3) is 2.83. The van der Waals surface area contributed by atoms with Crippen molar-refractivity contribution in [3.63, 3.8) is 0 Å². The SMILES string of the molecule is O=C1CCN(Cc2ccccc2)C(=O)N1c1ccccc1Cl. The summed E-state index contributed by atoms with van der Waals surface area (Å²) in [5.41, 5.74) is 1.47. The highest BCUT2D eigenvalue weighted by molar-refractivity contribution is 6.35. The second-order valence-corrected chi connectivity index (χ2v) is 5.53. The predicted molar refractivity (Wildman–Crippen MR) is 85.8 cm³/mol. The Balaban J connectivity index is 1.86. The van der Waals surface area contributed by atoms with E-state index in [1.807, 2.05) is 30.3 Å². The van der Waals surface area contributed by atoms with E-state index >= 15 is 0 Å². The van der Waals surface area contributed by atoms with E-state index in [1.165, 1.54) is 4.90 Å². The zero-order valence-electron chi connectivity index (χ0n) is 11.9. The molecule has 22 heavy (non-hydrogen) atoms. The molecule has 0 unspecified atom stereocenters. The smallest absolute Gasteiger partial charge is 0.319 e.